The van der Waals surface area contributed by atoms with E-state index in [1.165, 1.54) is 90.4 Å². The van der Waals surface area contributed by atoms with Crippen molar-refractivity contribution in [1.82, 2.24) is 0 Å². The maximum absolute atomic E-state index is 3.86. The molecule has 0 atom stereocenters. The number of hydrogen-bond acceptors (Lipinski definition) is 1. The fourth-order valence-electron chi connectivity index (χ4n) is 5.18. The predicted molar refractivity (Wildman–Crippen MR) is 174 cm³/mol. The number of rotatable bonds is 1. The molecule has 0 unspecified atom stereocenters. The SMILES string of the molecule is Bc1cc(B)c(-c2c(B)c(B)c(B)c3c2sc2c(B)c(B)c(B)c(B)c23)c(B)c1Br. The number of thiophene rings is 1. The number of benzene rings is 3. The van der Waals surface area contributed by atoms with Gasteiger partial charge in [-0.3, -0.25) is 0 Å². The van der Waals surface area contributed by atoms with Gasteiger partial charge in [-0.05, 0) is 21.9 Å². The molecule has 0 radical (unpaired) electrons. The minimum atomic E-state index is 1.23. The highest BCUT2D eigenvalue weighted by Crippen LogP contribution is 2.35. The molecule has 0 aliphatic carbocycles. The van der Waals surface area contributed by atoms with Gasteiger partial charge in [0.25, 0.3) is 0 Å². The van der Waals surface area contributed by atoms with E-state index >= 15 is 0 Å². The highest BCUT2D eigenvalue weighted by Gasteiger charge is 2.23. The van der Waals surface area contributed by atoms with Gasteiger partial charge in [0.15, 0.2) is 0 Å². The molecule has 3 aromatic carbocycles. The smallest absolute Gasteiger partial charge is 0.135 e. The molecule has 0 saturated carbocycles. The van der Waals surface area contributed by atoms with E-state index in [2.05, 4.69) is 100 Å². The summed E-state index contributed by atoms with van der Waals surface area (Å²) in [6.07, 6.45) is 0. The second kappa shape index (κ2) is 7.55. The third-order valence-electron chi connectivity index (χ3n) is 7.54. The van der Waals surface area contributed by atoms with Crippen LogP contribution < -0.4 is 54.6 Å². The average molecular weight is 457 g/mol. The van der Waals surface area contributed by atoms with Gasteiger partial charge in [-0.2, -0.15) is 0 Å². The van der Waals surface area contributed by atoms with Crippen molar-refractivity contribution in [2.75, 3.05) is 0 Å². The normalized spacial score (nSPS) is 11.5. The molecule has 0 fully saturated rings. The Morgan fingerprint density at radius 3 is 1.60 bits per heavy atom. The Hall–Kier alpha value is -0.991. The fraction of sp³-hybridized carbons (Fsp3) is 0. The Labute approximate surface area is 201 Å². The molecule has 1 aromatic heterocycles. The highest BCUT2D eigenvalue weighted by molar-refractivity contribution is 9.10. The topological polar surface area (TPSA) is 0 Å². The van der Waals surface area contributed by atoms with Crippen molar-refractivity contribution in [1.29, 1.82) is 0 Å². The molecule has 0 bridgehead atoms. The van der Waals surface area contributed by atoms with Crippen LogP contribution in [0.2, 0.25) is 0 Å². The molecule has 0 N–H and O–H groups in total. The quantitative estimate of drug-likeness (QED) is 0.249. The maximum atomic E-state index is 3.86. The molecular weight excluding hydrogens is 436 g/mol. The number of fused-ring (bicyclic) bond motifs is 3. The van der Waals surface area contributed by atoms with Crippen LogP contribution in [-0.2, 0) is 0 Å². The molecule has 136 valence electrons. The van der Waals surface area contributed by atoms with E-state index < -0.39 is 0 Å². The Morgan fingerprint density at radius 2 is 1.00 bits per heavy atom. The average Bonchev–Trinajstić information content (AvgIpc) is 3.10. The standard InChI is InChI=1S/C18H21B10BrS/c19-2-1-3(20)16(29)11(24)4(2)5-8(21)12(25)9(22)6-7-10(23)13(26)14(27)15(28)18(7)30-17(5)6/h1H,19-28H2. The zero-order valence-corrected chi connectivity index (χ0v) is 22.3. The zero-order chi connectivity index (χ0) is 22.2. The van der Waals surface area contributed by atoms with Crippen LogP contribution in [0.15, 0.2) is 10.5 Å². The van der Waals surface area contributed by atoms with Gasteiger partial charge in [0, 0.05) is 13.9 Å². The largest absolute Gasteiger partial charge is 0.141 e. The Kier molecular flexibility index (Phi) is 5.59. The summed E-state index contributed by atoms with van der Waals surface area (Å²) >= 11 is 5.86. The van der Waals surface area contributed by atoms with E-state index in [0.29, 0.717) is 0 Å². The first kappa shape index (κ1) is 22.2. The lowest BCUT2D eigenvalue weighted by atomic mass is 9.63. The lowest BCUT2D eigenvalue weighted by Gasteiger charge is -2.21. The molecule has 1 heterocycles. The first-order valence-electron chi connectivity index (χ1n) is 10.7. The maximum Gasteiger partial charge on any atom is 0.141 e. The van der Waals surface area contributed by atoms with E-state index in [4.69, 9.17) is 0 Å². The van der Waals surface area contributed by atoms with Crippen LogP contribution in [0.4, 0.5) is 0 Å². The second-order valence-corrected chi connectivity index (χ2v) is 10.9. The summed E-state index contributed by atoms with van der Waals surface area (Å²) in [7, 11) is 22.8. The Morgan fingerprint density at radius 1 is 0.500 bits per heavy atom. The van der Waals surface area contributed by atoms with Gasteiger partial charge in [-0.25, -0.2) is 0 Å². The minimum Gasteiger partial charge on any atom is -0.135 e. The van der Waals surface area contributed by atoms with Crippen molar-refractivity contribution in [3.05, 3.63) is 10.5 Å². The van der Waals surface area contributed by atoms with Gasteiger partial charge in [-0.1, -0.05) is 60.2 Å². The zero-order valence-electron chi connectivity index (χ0n) is 19.9. The molecule has 30 heavy (non-hydrogen) atoms. The van der Waals surface area contributed by atoms with Crippen molar-refractivity contribution in [3.8, 4) is 11.1 Å². The summed E-state index contributed by atoms with van der Waals surface area (Å²) in [5.41, 5.74) is 16.9. The van der Waals surface area contributed by atoms with Crippen LogP contribution in [0.5, 0.6) is 0 Å². The first-order chi connectivity index (χ1) is 14.0. The monoisotopic (exact) mass is 458 g/mol. The second-order valence-electron chi connectivity index (χ2n) is 9.08. The lowest BCUT2D eigenvalue weighted by molar-refractivity contribution is 1.81. The summed E-state index contributed by atoms with van der Waals surface area (Å²) in [5, 5.41) is 2.94. The summed E-state index contributed by atoms with van der Waals surface area (Å²) in [6, 6.07) is 2.32. The van der Waals surface area contributed by atoms with Crippen molar-refractivity contribution in [2.24, 2.45) is 0 Å². The summed E-state index contributed by atoms with van der Waals surface area (Å²) < 4.78 is 4.14. The van der Waals surface area contributed by atoms with Crippen molar-refractivity contribution in [2.45, 2.75) is 0 Å². The molecule has 0 aliphatic heterocycles. The summed E-state index contributed by atoms with van der Waals surface area (Å²) in [6.45, 7) is 0. The molecule has 0 saturated heterocycles. The van der Waals surface area contributed by atoms with Gasteiger partial charge >= 0.3 is 0 Å². The van der Waals surface area contributed by atoms with Crippen molar-refractivity contribution in [3.63, 3.8) is 0 Å². The van der Waals surface area contributed by atoms with Gasteiger partial charge in [-0.15, -0.1) is 27.7 Å². The first-order valence-corrected chi connectivity index (χ1v) is 12.3. The van der Waals surface area contributed by atoms with Gasteiger partial charge in [0.2, 0.25) is 0 Å². The van der Waals surface area contributed by atoms with Gasteiger partial charge in [0.05, 0.1) is 0 Å². The van der Waals surface area contributed by atoms with Crippen LogP contribution in [0.3, 0.4) is 0 Å². The van der Waals surface area contributed by atoms with Crippen molar-refractivity contribution >= 4 is 181 Å². The molecule has 0 aliphatic rings. The van der Waals surface area contributed by atoms with Crippen LogP contribution in [-0.4, -0.2) is 78.5 Å². The van der Waals surface area contributed by atoms with Gasteiger partial charge in [0.1, 0.15) is 78.5 Å². The van der Waals surface area contributed by atoms with E-state index in [1.807, 2.05) is 11.3 Å². The summed E-state index contributed by atoms with van der Waals surface area (Å²) in [4.78, 5) is 0. The third kappa shape index (κ3) is 2.93. The van der Waals surface area contributed by atoms with Crippen LogP contribution in [0.25, 0.3) is 31.3 Å². The van der Waals surface area contributed by atoms with Crippen molar-refractivity contribution < 1.29 is 0 Å². The molecule has 0 nitrogen and oxygen atoms in total. The molecule has 4 rings (SSSR count). The van der Waals surface area contributed by atoms with E-state index in [9.17, 15) is 0 Å². The van der Waals surface area contributed by atoms with E-state index in [-0.39, 0.29) is 0 Å². The predicted octanol–water partition coefficient (Wildman–Crippen LogP) is -10.9. The molecular formula is C18H21B10BrS. The summed E-state index contributed by atoms with van der Waals surface area (Å²) in [5.74, 6) is 0. The highest BCUT2D eigenvalue weighted by atomic mass is 79.9. The lowest BCUT2D eigenvalue weighted by Crippen LogP contribution is -2.47. The van der Waals surface area contributed by atoms with E-state index in [0.717, 1.165) is 0 Å². The number of halogens is 1. The van der Waals surface area contributed by atoms with Crippen LogP contribution >= 0.6 is 27.3 Å². The molecule has 0 spiro atoms. The molecule has 4 aromatic rings. The molecule has 0 amide bonds. The Bertz CT molecular complexity index is 1410. The van der Waals surface area contributed by atoms with Crippen LogP contribution in [0, 0.1) is 0 Å². The molecule has 12 heteroatoms. The van der Waals surface area contributed by atoms with Gasteiger partial charge < -0.3 is 0 Å². The van der Waals surface area contributed by atoms with E-state index in [1.54, 1.807) is 0 Å². The fourth-order valence-corrected chi connectivity index (χ4v) is 7.08. The number of hydrogen-bond donors (Lipinski definition) is 0. The Balaban J connectivity index is 2.34. The third-order valence-corrected chi connectivity index (χ3v) is 10.1. The van der Waals surface area contributed by atoms with Crippen LogP contribution in [0.1, 0.15) is 0 Å². The minimum absolute atomic E-state index is 1.23.